The number of nitrogen functional groups attached to an aromatic ring is 1. The molecule has 2 aliphatic heterocycles. The molecule has 0 unspecified atom stereocenters. The van der Waals surface area contributed by atoms with Gasteiger partial charge in [0.2, 0.25) is 0 Å². The summed E-state index contributed by atoms with van der Waals surface area (Å²) in [6, 6.07) is 10.7. The number of carbonyl (C=O) groups excluding carboxylic acids is 2. The summed E-state index contributed by atoms with van der Waals surface area (Å²) in [5, 5.41) is 1.50. The van der Waals surface area contributed by atoms with E-state index in [2.05, 4.69) is 15.0 Å². The minimum atomic E-state index is -4.82. The number of phosphoric ester groups is 1. The summed E-state index contributed by atoms with van der Waals surface area (Å²) >= 11 is 0. The minimum absolute atomic E-state index is 0.0467. The van der Waals surface area contributed by atoms with Crippen molar-refractivity contribution in [3.8, 4) is 0 Å². The van der Waals surface area contributed by atoms with E-state index < -0.39 is 26.3 Å². The van der Waals surface area contributed by atoms with Crippen molar-refractivity contribution in [3.05, 3.63) is 60.2 Å². The number of imidazole rings is 1. The predicted molar refractivity (Wildman–Crippen MR) is 140 cm³/mol. The number of rotatable bonds is 9. The number of benzene rings is 2. The van der Waals surface area contributed by atoms with E-state index in [1.807, 2.05) is 12.1 Å². The van der Waals surface area contributed by atoms with Crippen molar-refractivity contribution in [1.82, 2.24) is 24.4 Å². The van der Waals surface area contributed by atoms with E-state index in [-0.39, 0.29) is 43.8 Å². The van der Waals surface area contributed by atoms with Gasteiger partial charge in [-0.25, -0.2) is 19.5 Å². The van der Waals surface area contributed by atoms with Crippen molar-refractivity contribution in [2.24, 2.45) is 0 Å². The van der Waals surface area contributed by atoms with E-state index in [9.17, 15) is 23.9 Å². The number of hydrogen-bond donors (Lipinski definition) is 3. The first-order valence-corrected chi connectivity index (χ1v) is 14.0. The number of hydrogen-bond acceptors (Lipinski definition) is 10. The molecule has 0 bridgehead atoms. The molecule has 0 aliphatic carbocycles. The largest absolute Gasteiger partial charge is 0.469 e. The Hall–Kier alpha value is -3.78. The maximum absolute atomic E-state index is 13.1. The van der Waals surface area contributed by atoms with Gasteiger partial charge in [0.15, 0.2) is 11.5 Å². The molecule has 2 aromatic heterocycles. The zero-order valence-corrected chi connectivity index (χ0v) is 21.9. The molecule has 4 heterocycles. The fraction of sp³-hybridized carbons (Fsp3) is 0.320. The van der Waals surface area contributed by atoms with Crippen LogP contribution in [0, 0.1) is 0 Å². The molecule has 2 aliphatic rings. The molecule has 0 spiro atoms. The molecule has 15 heteroatoms. The second-order valence-corrected chi connectivity index (χ2v) is 10.7. The molecule has 3 atom stereocenters. The van der Waals surface area contributed by atoms with Gasteiger partial charge < -0.3 is 25.0 Å². The van der Waals surface area contributed by atoms with E-state index >= 15 is 0 Å². The van der Waals surface area contributed by atoms with Crippen molar-refractivity contribution in [2.75, 3.05) is 25.5 Å². The molecule has 208 valence electrons. The Morgan fingerprint density at radius 3 is 2.50 bits per heavy atom. The smallest absolute Gasteiger partial charge is 0.382 e. The highest BCUT2D eigenvalue weighted by Gasteiger charge is 2.41. The molecule has 0 saturated carbocycles. The van der Waals surface area contributed by atoms with E-state index in [0.29, 0.717) is 34.1 Å². The molecule has 0 radical (unpaired) electrons. The number of nitrogens with two attached hydrogens (primary N) is 1. The van der Waals surface area contributed by atoms with Gasteiger partial charge in [0.1, 0.15) is 30.3 Å². The number of carbonyl (C=O) groups is 2. The van der Waals surface area contributed by atoms with Crippen LogP contribution in [0.5, 0.6) is 0 Å². The van der Waals surface area contributed by atoms with Crippen LogP contribution in [0.15, 0.2) is 49.1 Å². The molecule has 1 saturated heterocycles. The SMILES string of the molecule is Nc1ncnc2c1ncn2[C@H]1C[C@H](OP(=O)(O)O)[C@@H](COCCCN2C(=O)c3cccc4cccc(c34)C2=O)O1. The molecule has 2 amide bonds. The van der Waals surface area contributed by atoms with Crippen LogP contribution < -0.4 is 5.73 Å². The third-order valence-corrected chi connectivity index (χ3v) is 7.50. The van der Waals surface area contributed by atoms with Gasteiger partial charge in [0.05, 0.1) is 12.9 Å². The van der Waals surface area contributed by atoms with Crippen molar-refractivity contribution < 1.29 is 37.9 Å². The van der Waals surface area contributed by atoms with E-state index in [4.69, 9.17) is 19.7 Å². The van der Waals surface area contributed by atoms with Gasteiger partial charge in [0.25, 0.3) is 11.8 Å². The topological polar surface area (TPSA) is 192 Å². The average molecular weight is 568 g/mol. The second kappa shape index (κ2) is 10.3. The minimum Gasteiger partial charge on any atom is -0.382 e. The fourth-order valence-corrected chi connectivity index (χ4v) is 5.77. The second-order valence-electron chi connectivity index (χ2n) is 9.48. The van der Waals surface area contributed by atoms with E-state index in [0.717, 1.165) is 5.39 Å². The average Bonchev–Trinajstić information content (AvgIpc) is 3.52. The lowest BCUT2D eigenvalue weighted by molar-refractivity contribution is -0.0609. The maximum Gasteiger partial charge on any atom is 0.469 e. The molecule has 1 fully saturated rings. The molecule has 4 N–H and O–H groups in total. The van der Waals surface area contributed by atoms with Crippen LogP contribution in [0.1, 0.15) is 39.8 Å². The zero-order valence-electron chi connectivity index (χ0n) is 21.0. The van der Waals surface area contributed by atoms with Crippen LogP contribution in [0.2, 0.25) is 0 Å². The fourth-order valence-electron chi connectivity index (χ4n) is 5.20. The van der Waals surface area contributed by atoms with Crippen LogP contribution in [-0.2, 0) is 18.6 Å². The Morgan fingerprint density at radius 2 is 1.80 bits per heavy atom. The van der Waals surface area contributed by atoms with Crippen molar-refractivity contribution in [2.45, 2.75) is 31.3 Å². The lowest BCUT2D eigenvalue weighted by Crippen LogP contribution is -2.41. The number of phosphoric acid groups is 1. The highest BCUT2D eigenvalue weighted by Crippen LogP contribution is 2.44. The van der Waals surface area contributed by atoms with E-state index in [1.54, 1.807) is 28.8 Å². The summed E-state index contributed by atoms with van der Waals surface area (Å²) < 4.78 is 30.0. The van der Waals surface area contributed by atoms with Gasteiger partial charge >= 0.3 is 7.82 Å². The summed E-state index contributed by atoms with van der Waals surface area (Å²) in [4.78, 5) is 58.4. The van der Waals surface area contributed by atoms with Gasteiger partial charge in [-0.15, -0.1) is 0 Å². The van der Waals surface area contributed by atoms with Gasteiger partial charge in [-0.2, -0.15) is 0 Å². The number of imide groups is 1. The summed E-state index contributed by atoms with van der Waals surface area (Å²) in [6.07, 6.45) is 0.682. The number of nitrogens with zero attached hydrogens (tertiary/aromatic N) is 5. The third kappa shape index (κ3) is 4.85. The molecule has 40 heavy (non-hydrogen) atoms. The summed E-state index contributed by atoms with van der Waals surface area (Å²) in [6.45, 7) is 0.254. The van der Waals surface area contributed by atoms with Crippen LogP contribution in [0.25, 0.3) is 21.9 Å². The Morgan fingerprint density at radius 1 is 1.07 bits per heavy atom. The first-order valence-electron chi connectivity index (χ1n) is 12.5. The zero-order chi connectivity index (χ0) is 28.0. The molecular weight excluding hydrogens is 543 g/mol. The Balaban J connectivity index is 1.09. The number of anilines is 1. The lowest BCUT2D eigenvalue weighted by atomic mass is 9.94. The van der Waals surface area contributed by atoms with Crippen molar-refractivity contribution in [3.63, 3.8) is 0 Å². The first kappa shape index (κ1) is 26.4. The van der Waals surface area contributed by atoms with Gasteiger partial charge in [-0.05, 0) is 23.9 Å². The highest BCUT2D eigenvalue weighted by molar-refractivity contribution is 7.46. The maximum atomic E-state index is 13.1. The van der Waals surface area contributed by atoms with Crippen molar-refractivity contribution in [1.29, 1.82) is 0 Å². The Kier molecular flexibility index (Phi) is 6.82. The van der Waals surface area contributed by atoms with Crippen LogP contribution in [0.4, 0.5) is 5.82 Å². The standard InChI is InChI=1S/C25H25N6O8P/c26-22-21-23(28-12-27-22)31(13-29-21)19-10-17(39-40(34,35)36)18(38-19)11-37-9-3-8-30-24(32)15-6-1-4-14-5-2-7-16(20(14)15)25(30)33/h1-2,4-7,12-13,17-19H,3,8-11H2,(H2,26,27,28)(H2,34,35,36)/t17-,18+,19+/m0/s1. The molecule has 14 nitrogen and oxygen atoms in total. The number of amides is 2. The van der Waals surface area contributed by atoms with Crippen LogP contribution >= 0.6 is 7.82 Å². The van der Waals surface area contributed by atoms with Crippen LogP contribution in [0.3, 0.4) is 0 Å². The van der Waals surface area contributed by atoms with E-state index in [1.165, 1.54) is 17.6 Å². The monoisotopic (exact) mass is 568 g/mol. The molecule has 4 aromatic rings. The molecule has 6 rings (SSSR count). The highest BCUT2D eigenvalue weighted by atomic mass is 31.2. The summed E-state index contributed by atoms with van der Waals surface area (Å²) in [7, 11) is -4.82. The number of aromatic nitrogens is 4. The number of ether oxygens (including phenoxy) is 2. The first-order chi connectivity index (χ1) is 19.2. The lowest BCUT2D eigenvalue weighted by Gasteiger charge is -2.27. The predicted octanol–water partition coefficient (Wildman–Crippen LogP) is 2.03. The number of fused-ring (bicyclic) bond motifs is 1. The summed E-state index contributed by atoms with van der Waals surface area (Å²) in [5.41, 5.74) is 7.60. The normalized spacial score (nSPS) is 21.1. The Bertz CT molecular complexity index is 1620. The van der Waals surface area contributed by atoms with Gasteiger partial charge in [-0.3, -0.25) is 23.6 Å². The van der Waals surface area contributed by atoms with Crippen LogP contribution in [-0.4, -0.2) is 78.0 Å². The van der Waals surface area contributed by atoms with Gasteiger partial charge in [-0.1, -0.05) is 24.3 Å². The van der Waals surface area contributed by atoms with Gasteiger partial charge in [0, 0.05) is 36.1 Å². The quantitative estimate of drug-likeness (QED) is 0.151. The summed E-state index contributed by atoms with van der Waals surface area (Å²) in [5.74, 6) is -0.526. The van der Waals surface area contributed by atoms with Crippen molar-refractivity contribution >= 4 is 47.4 Å². The Labute approximate surface area is 226 Å². The molecule has 2 aromatic carbocycles. The third-order valence-electron chi connectivity index (χ3n) is 6.96. The molecular formula is C25H25N6O8P.